The fourth-order valence-electron chi connectivity index (χ4n) is 2.33. The van der Waals surface area contributed by atoms with Crippen LogP contribution in [0.15, 0.2) is 67.1 Å². The Balaban J connectivity index is 2.04. The number of rotatable bonds is 4. The Morgan fingerprint density at radius 1 is 0.950 bits per heavy atom. The second-order valence-electron chi connectivity index (χ2n) is 4.53. The van der Waals surface area contributed by atoms with Crippen LogP contribution in [0.25, 0.3) is 11.4 Å². The quantitative estimate of drug-likeness (QED) is 0.787. The molecule has 1 unspecified atom stereocenters. The first-order valence-electron chi connectivity index (χ1n) is 6.59. The SMILES string of the molecule is NCC(c1ccccn1)n1ccnc1-c1ccccc1. The summed E-state index contributed by atoms with van der Waals surface area (Å²) in [7, 11) is 0. The van der Waals surface area contributed by atoms with Crippen molar-refractivity contribution < 1.29 is 0 Å². The van der Waals surface area contributed by atoms with Crippen LogP contribution in [0, 0.1) is 0 Å². The van der Waals surface area contributed by atoms with E-state index in [1.165, 1.54) is 0 Å². The molecule has 2 heterocycles. The molecule has 0 bridgehead atoms. The molecule has 0 amide bonds. The lowest BCUT2D eigenvalue weighted by molar-refractivity contribution is 0.584. The lowest BCUT2D eigenvalue weighted by Crippen LogP contribution is -2.21. The summed E-state index contributed by atoms with van der Waals surface area (Å²) in [6, 6.07) is 16.0. The number of nitrogens with zero attached hydrogens (tertiary/aromatic N) is 3. The Labute approximate surface area is 117 Å². The largest absolute Gasteiger partial charge is 0.328 e. The monoisotopic (exact) mass is 264 g/mol. The lowest BCUT2D eigenvalue weighted by Gasteiger charge is -2.18. The minimum absolute atomic E-state index is 0.00564. The fraction of sp³-hybridized carbons (Fsp3) is 0.125. The zero-order valence-electron chi connectivity index (χ0n) is 11.1. The minimum atomic E-state index is -0.00564. The minimum Gasteiger partial charge on any atom is -0.328 e. The van der Waals surface area contributed by atoms with Gasteiger partial charge in [0.15, 0.2) is 0 Å². The predicted octanol–water partition coefficient (Wildman–Crippen LogP) is 2.49. The van der Waals surface area contributed by atoms with Crippen molar-refractivity contribution in [3.8, 4) is 11.4 Å². The van der Waals surface area contributed by atoms with Crippen LogP contribution >= 0.6 is 0 Å². The molecule has 100 valence electrons. The van der Waals surface area contributed by atoms with E-state index in [4.69, 9.17) is 5.73 Å². The summed E-state index contributed by atoms with van der Waals surface area (Å²) in [5.74, 6) is 0.909. The maximum absolute atomic E-state index is 5.95. The number of benzene rings is 1. The van der Waals surface area contributed by atoms with E-state index in [2.05, 4.69) is 14.5 Å². The molecular weight excluding hydrogens is 248 g/mol. The first-order valence-corrected chi connectivity index (χ1v) is 6.59. The third-order valence-corrected chi connectivity index (χ3v) is 3.29. The third kappa shape index (κ3) is 2.33. The molecule has 0 aliphatic rings. The molecule has 4 heteroatoms. The van der Waals surface area contributed by atoms with Crippen molar-refractivity contribution in [2.75, 3.05) is 6.54 Å². The smallest absolute Gasteiger partial charge is 0.140 e. The first-order chi connectivity index (χ1) is 9.90. The van der Waals surface area contributed by atoms with E-state index in [-0.39, 0.29) is 6.04 Å². The maximum atomic E-state index is 5.95. The first kappa shape index (κ1) is 12.6. The molecule has 0 fully saturated rings. The summed E-state index contributed by atoms with van der Waals surface area (Å²) in [6.07, 6.45) is 5.54. The highest BCUT2D eigenvalue weighted by Crippen LogP contribution is 2.23. The summed E-state index contributed by atoms with van der Waals surface area (Å²) in [5.41, 5.74) is 7.98. The van der Waals surface area contributed by atoms with Crippen LogP contribution in [0.2, 0.25) is 0 Å². The topological polar surface area (TPSA) is 56.7 Å². The highest BCUT2D eigenvalue weighted by Gasteiger charge is 2.17. The van der Waals surface area contributed by atoms with Gasteiger partial charge in [0.1, 0.15) is 5.82 Å². The number of aromatic nitrogens is 3. The zero-order valence-corrected chi connectivity index (χ0v) is 11.1. The summed E-state index contributed by atoms with van der Waals surface area (Å²) in [4.78, 5) is 8.87. The second-order valence-corrected chi connectivity index (χ2v) is 4.53. The Bertz CT molecular complexity index is 661. The number of hydrogen-bond acceptors (Lipinski definition) is 3. The van der Waals surface area contributed by atoms with Gasteiger partial charge in [-0.25, -0.2) is 4.98 Å². The fourth-order valence-corrected chi connectivity index (χ4v) is 2.33. The molecule has 0 saturated carbocycles. The van der Waals surface area contributed by atoms with Gasteiger partial charge in [0.05, 0.1) is 11.7 Å². The van der Waals surface area contributed by atoms with E-state index in [1.54, 1.807) is 12.4 Å². The molecule has 1 atom stereocenters. The standard InChI is InChI=1S/C16H16N4/c17-12-15(14-8-4-5-9-18-14)20-11-10-19-16(20)13-6-2-1-3-7-13/h1-11,15H,12,17H2. The van der Waals surface area contributed by atoms with E-state index >= 15 is 0 Å². The second kappa shape index (κ2) is 5.67. The number of nitrogens with two attached hydrogens (primary N) is 1. The summed E-state index contributed by atoms with van der Waals surface area (Å²) in [6.45, 7) is 0.479. The molecule has 0 radical (unpaired) electrons. The number of hydrogen-bond donors (Lipinski definition) is 1. The summed E-state index contributed by atoms with van der Waals surface area (Å²) < 4.78 is 2.08. The van der Waals surface area contributed by atoms with Gasteiger partial charge in [-0.05, 0) is 12.1 Å². The van der Waals surface area contributed by atoms with Gasteiger partial charge in [-0.1, -0.05) is 36.4 Å². The molecule has 0 aliphatic carbocycles. The number of pyridine rings is 1. The highest BCUT2D eigenvalue weighted by molar-refractivity contribution is 5.55. The molecule has 0 aliphatic heterocycles. The van der Waals surface area contributed by atoms with Crippen LogP contribution in [0.4, 0.5) is 0 Å². The molecule has 3 rings (SSSR count). The third-order valence-electron chi connectivity index (χ3n) is 3.29. The van der Waals surface area contributed by atoms with Crippen LogP contribution in [0.1, 0.15) is 11.7 Å². The van der Waals surface area contributed by atoms with Gasteiger partial charge in [-0.3, -0.25) is 4.98 Å². The molecule has 0 spiro atoms. The van der Waals surface area contributed by atoms with Crippen LogP contribution in [0.5, 0.6) is 0 Å². The molecule has 4 nitrogen and oxygen atoms in total. The van der Waals surface area contributed by atoms with Crippen LogP contribution in [-0.2, 0) is 0 Å². The van der Waals surface area contributed by atoms with E-state index in [0.717, 1.165) is 17.1 Å². The van der Waals surface area contributed by atoms with E-state index in [1.807, 2.05) is 54.7 Å². The molecule has 1 aromatic carbocycles. The van der Waals surface area contributed by atoms with E-state index in [0.29, 0.717) is 6.54 Å². The summed E-state index contributed by atoms with van der Waals surface area (Å²) >= 11 is 0. The van der Waals surface area contributed by atoms with Crippen LogP contribution in [0.3, 0.4) is 0 Å². The van der Waals surface area contributed by atoms with Gasteiger partial charge >= 0.3 is 0 Å². The van der Waals surface area contributed by atoms with E-state index in [9.17, 15) is 0 Å². The highest BCUT2D eigenvalue weighted by atomic mass is 15.1. The van der Waals surface area contributed by atoms with Crippen molar-refractivity contribution >= 4 is 0 Å². The molecular formula is C16H16N4. The van der Waals surface area contributed by atoms with Crippen molar-refractivity contribution in [1.82, 2.24) is 14.5 Å². The van der Waals surface area contributed by atoms with Crippen molar-refractivity contribution in [1.29, 1.82) is 0 Å². The molecule has 20 heavy (non-hydrogen) atoms. The zero-order chi connectivity index (χ0) is 13.8. The van der Waals surface area contributed by atoms with Gasteiger partial charge in [0.25, 0.3) is 0 Å². The molecule has 2 N–H and O–H groups in total. The predicted molar refractivity (Wildman–Crippen MR) is 79.1 cm³/mol. The van der Waals surface area contributed by atoms with Crippen molar-refractivity contribution in [2.45, 2.75) is 6.04 Å². The van der Waals surface area contributed by atoms with Crippen molar-refractivity contribution in [2.24, 2.45) is 5.73 Å². The molecule has 2 aromatic heterocycles. The van der Waals surface area contributed by atoms with E-state index < -0.39 is 0 Å². The van der Waals surface area contributed by atoms with Gasteiger partial charge in [-0.2, -0.15) is 0 Å². The average molecular weight is 264 g/mol. The normalized spacial score (nSPS) is 12.2. The van der Waals surface area contributed by atoms with Crippen LogP contribution < -0.4 is 5.73 Å². The van der Waals surface area contributed by atoms with Crippen LogP contribution in [-0.4, -0.2) is 21.1 Å². The lowest BCUT2D eigenvalue weighted by atomic mass is 10.1. The van der Waals surface area contributed by atoms with Gasteiger partial charge in [0.2, 0.25) is 0 Å². The number of imidazole rings is 1. The van der Waals surface area contributed by atoms with Crippen molar-refractivity contribution in [3.63, 3.8) is 0 Å². The van der Waals surface area contributed by atoms with Gasteiger partial charge in [-0.15, -0.1) is 0 Å². The van der Waals surface area contributed by atoms with Gasteiger partial charge < -0.3 is 10.3 Å². The molecule has 3 aromatic rings. The molecule has 0 saturated heterocycles. The maximum Gasteiger partial charge on any atom is 0.140 e. The van der Waals surface area contributed by atoms with Crippen molar-refractivity contribution in [3.05, 3.63) is 72.8 Å². The Morgan fingerprint density at radius 2 is 1.75 bits per heavy atom. The Hall–Kier alpha value is -2.46. The summed E-state index contributed by atoms with van der Waals surface area (Å²) in [5, 5.41) is 0. The Kier molecular flexibility index (Phi) is 3.56. The average Bonchev–Trinajstić information content (AvgIpc) is 2.99. The van der Waals surface area contributed by atoms with Gasteiger partial charge in [0, 0.05) is 30.7 Å². The Morgan fingerprint density at radius 3 is 2.45 bits per heavy atom.